The zero-order chi connectivity index (χ0) is 13.7. The Bertz CT molecular complexity index is 418. The van der Waals surface area contributed by atoms with Gasteiger partial charge in [-0.2, -0.15) is 0 Å². The van der Waals surface area contributed by atoms with Crippen LogP contribution in [0.1, 0.15) is 25.8 Å². The molecule has 0 bridgehead atoms. The van der Waals surface area contributed by atoms with E-state index in [2.05, 4.69) is 39.6 Å². The van der Waals surface area contributed by atoms with Gasteiger partial charge in [-0.25, -0.2) is 4.98 Å². The molecule has 0 spiro atoms. The number of nitrogens with zero attached hydrogens (tertiary/aromatic N) is 2. The van der Waals surface area contributed by atoms with Gasteiger partial charge < -0.3 is 15.5 Å². The predicted molar refractivity (Wildman–Crippen MR) is 76.1 cm³/mol. The number of nitrogens with one attached hydrogen (secondary N) is 2. The van der Waals surface area contributed by atoms with E-state index in [0.717, 1.165) is 38.4 Å². The molecule has 1 saturated heterocycles. The zero-order valence-corrected chi connectivity index (χ0v) is 11.6. The first-order valence-corrected chi connectivity index (χ1v) is 6.86. The fourth-order valence-electron chi connectivity index (χ4n) is 2.35. The van der Waals surface area contributed by atoms with E-state index in [4.69, 9.17) is 0 Å². The molecule has 104 valence electrons. The molecule has 1 aliphatic heterocycles. The minimum Gasteiger partial charge on any atom is -0.354 e. The molecule has 0 aromatic carbocycles. The number of pyridine rings is 1. The van der Waals surface area contributed by atoms with Crippen molar-refractivity contribution in [2.45, 2.75) is 32.9 Å². The summed E-state index contributed by atoms with van der Waals surface area (Å²) in [4.78, 5) is 17.8. The second-order valence-corrected chi connectivity index (χ2v) is 4.94. The molecule has 1 aromatic heterocycles. The molecule has 2 N–H and O–H groups in total. The molecule has 2 heterocycles. The molecule has 1 fully saturated rings. The SMILES string of the molecule is CCNCc1ccc(N2CCC(NC(C)=O)C2)nc1. The van der Waals surface area contributed by atoms with Gasteiger partial charge in [-0.3, -0.25) is 4.79 Å². The van der Waals surface area contributed by atoms with Gasteiger partial charge in [0.25, 0.3) is 0 Å². The zero-order valence-electron chi connectivity index (χ0n) is 11.6. The third-order valence-electron chi connectivity index (χ3n) is 3.31. The molecule has 0 aliphatic carbocycles. The molecular weight excluding hydrogens is 240 g/mol. The van der Waals surface area contributed by atoms with E-state index < -0.39 is 0 Å². The standard InChI is InChI=1S/C14H22N4O/c1-3-15-8-12-4-5-14(16-9-12)18-7-6-13(10-18)17-11(2)19/h4-5,9,13,15H,3,6-8,10H2,1-2H3,(H,17,19). The summed E-state index contributed by atoms with van der Waals surface area (Å²) < 4.78 is 0. The van der Waals surface area contributed by atoms with Crippen LogP contribution in [-0.2, 0) is 11.3 Å². The summed E-state index contributed by atoms with van der Waals surface area (Å²) in [5.41, 5.74) is 1.20. The Balaban J connectivity index is 1.90. The van der Waals surface area contributed by atoms with Crippen LogP contribution in [0, 0.1) is 0 Å². The Kier molecular flexibility index (Phi) is 4.74. The summed E-state index contributed by atoms with van der Waals surface area (Å²) in [6, 6.07) is 4.42. The van der Waals surface area contributed by atoms with E-state index in [1.54, 1.807) is 6.92 Å². The quantitative estimate of drug-likeness (QED) is 0.828. The summed E-state index contributed by atoms with van der Waals surface area (Å²) in [6.45, 7) is 7.28. The molecular formula is C14H22N4O. The van der Waals surface area contributed by atoms with Crippen LogP contribution in [0.25, 0.3) is 0 Å². The van der Waals surface area contributed by atoms with E-state index in [-0.39, 0.29) is 11.9 Å². The van der Waals surface area contributed by atoms with Crippen molar-refractivity contribution in [2.75, 3.05) is 24.5 Å². The van der Waals surface area contributed by atoms with Crippen LogP contribution >= 0.6 is 0 Å². The van der Waals surface area contributed by atoms with Gasteiger partial charge in [-0.1, -0.05) is 13.0 Å². The Hall–Kier alpha value is -1.62. The number of amides is 1. The van der Waals surface area contributed by atoms with E-state index in [0.29, 0.717) is 0 Å². The average molecular weight is 262 g/mol. The largest absolute Gasteiger partial charge is 0.354 e. The van der Waals surface area contributed by atoms with Gasteiger partial charge in [0.1, 0.15) is 5.82 Å². The Morgan fingerprint density at radius 3 is 3.00 bits per heavy atom. The van der Waals surface area contributed by atoms with E-state index >= 15 is 0 Å². The Morgan fingerprint density at radius 1 is 1.53 bits per heavy atom. The highest BCUT2D eigenvalue weighted by molar-refractivity contribution is 5.73. The number of rotatable bonds is 5. The maximum absolute atomic E-state index is 11.0. The first-order valence-electron chi connectivity index (χ1n) is 6.86. The fourth-order valence-corrected chi connectivity index (χ4v) is 2.35. The van der Waals surface area contributed by atoms with Crippen molar-refractivity contribution in [3.8, 4) is 0 Å². The highest BCUT2D eigenvalue weighted by Gasteiger charge is 2.23. The monoisotopic (exact) mass is 262 g/mol. The van der Waals surface area contributed by atoms with Gasteiger partial charge in [0.15, 0.2) is 0 Å². The fraction of sp³-hybridized carbons (Fsp3) is 0.571. The van der Waals surface area contributed by atoms with E-state index in [1.165, 1.54) is 5.56 Å². The molecule has 5 heteroatoms. The third kappa shape index (κ3) is 3.92. The lowest BCUT2D eigenvalue weighted by Gasteiger charge is -2.18. The minimum atomic E-state index is 0.0424. The highest BCUT2D eigenvalue weighted by atomic mass is 16.1. The van der Waals surface area contributed by atoms with Crippen LogP contribution in [0.5, 0.6) is 0 Å². The molecule has 1 unspecified atom stereocenters. The third-order valence-corrected chi connectivity index (χ3v) is 3.31. The number of hydrogen-bond donors (Lipinski definition) is 2. The van der Waals surface area contributed by atoms with Crippen molar-refractivity contribution in [1.29, 1.82) is 0 Å². The van der Waals surface area contributed by atoms with Gasteiger partial charge in [0, 0.05) is 38.8 Å². The lowest BCUT2D eigenvalue weighted by molar-refractivity contribution is -0.119. The van der Waals surface area contributed by atoms with E-state index in [1.807, 2.05) is 6.20 Å². The Labute approximate surface area is 114 Å². The molecule has 1 aliphatic rings. The molecule has 19 heavy (non-hydrogen) atoms. The molecule has 1 aromatic rings. The van der Waals surface area contributed by atoms with Crippen LogP contribution in [0.2, 0.25) is 0 Å². The highest BCUT2D eigenvalue weighted by Crippen LogP contribution is 2.18. The van der Waals surface area contributed by atoms with Crippen LogP contribution < -0.4 is 15.5 Å². The summed E-state index contributed by atoms with van der Waals surface area (Å²) in [5.74, 6) is 1.04. The van der Waals surface area contributed by atoms with Gasteiger partial charge >= 0.3 is 0 Å². The van der Waals surface area contributed by atoms with Crippen LogP contribution in [0.15, 0.2) is 18.3 Å². The van der Waals surface area contributed by atoms with Crippen molar-refractivity contribution in [3.63, 3.8) is 0 Å². The number of anilines is 1. The molecule has 0 saturated carbocycles. The summed E-state index contributed by atoms with van der Waals surface area (Å²) in [7, 11) is 0. The van der Waals surface area contributed by atoms with Crippen LogP contribution in [0.3, 0.4) is 0 Å². The molecule has 2 rings (SSSR count). The van der Waals surface area contributed by atoms with Crippen molar-refractivity contribution in [2.24, 2.45) is 0 Å². The average Bonchev–Trinajstić information content (AvgIpc) is 2.84. The second kappa shape index (κ2) is 6.52. The van der Waals surface area contributed by atoms with Crippen LogP contribution in [-0.4, -0.2) is 36.6 Å². The second-order valence-electron chi connectivity index (χ2n) is 4.94. The summed E-state index contributed by atoms with van der Waals surface area (Å²) in [5, 5.41) is 6.24. The maximum Gasteiger partial charge on any atom is 0.217 e. The van der Waals surface area contributed by atoms with Crippen molar-refractivity contribution in [3.05, 3.63) is 23.9 Å². The predicted octanol–water partition coefficient (Wildman–Crippen LogP) is 0.906. The van der Waals surface area contributed by atoms with Gasteiger partial charge in [-0.05, 0) is 24.6 Å². The summed E-state index contributed by atoms with van der Waals surface area (Å²) >= 11 is 0. The van der Waals surface area contributed by atoms with Gasteiger partial charge in [-0.15, -0.1) is 0 Å². The number of aromatic nitrogens is 1. The van der Waals surface area contributed by atoms with Gasteiger partial charge in [0.2, 0.25) is 5.91 Å². The molecule has 1 amide bonds. The summed E-state index contributed by atoms with van der Waals surface area (Å²) in [6.07, 6.45) is 2.91. The molecule has 0 radical (unpaired) electrons. The first kappa shape index (κ1) is 13.8. The minimum absolute atomic E-state index is 0.0424. The molecule has 1 atom stereocenters. The lowest BCUT2D eigenvalue weighted by atomic mass is 10.2. The Morgan fingerprint density at radius 2 is 2.37 bits per heavy atom. The van der Waals surface area contributed by atoms with Crippen molar-refractivity contribution < 1.29 is 4.79 Å². The number of hydrogen-bond acceptors (Lipinski definition) is 4. The topological polar surface area (TPSA) is 57.3 Å². The maximum atomic E-state index is 11.0. The normalized spacial score (nSPS) is 18.6. The van der Waals surface area contributed by atoms with E-state index in [9.17, 15) is 4.79 Å². The molecule has 5 nitrogen and oxygen atoms in total. The number of carbonyl (C=O) groups is 1. The van der Waals surface area contributed by atoms with Crippen LogP contribution in [0.4, 0.5) is 5.82 Å². The van der Waals surface area contributed by atoms with Crippen molar-refractivity contribution >= 4 is 11.7 Å². The van der Waals surface area contributed by atoms with Crippen molar-refractivity contribution in [1.82, 2.24) is 15.6 Å². The smallest absolute Gasteiger partial charge is 0.217 e. The first-order chi connectivity index (χ1) is 9.19. The number of carbonyl (C=O) groups excluding carboxylic acids is 1. The lowest BCUT2D eigenvalue weighted by Crippen LogP contribution is -2.35. The van der Waals surface area contributed by atoms with Gasteiger partial charge in [0.05, 0.1) is 0 Å².